The number of nitrogens with one attached hydrogen (secondary N) is 2. The van der Waals surface area contributed by atoms with Crippen molar-refractivity contribution in [1.82, 2.24) is 10.7 Å². The van der Waals surface area contributed by atoms with Gasteiger partial charge in [0, 0.05) is 6.54 Å². The maximum Gasteiger partial charge on any atom is 0.264 e. The molecule has 0 radical (unpaired) electrons. The van der Waals surface area contributed by atoms with Crippen molar-refractivity contribution in [3.05, 3.63) is 120 Å². The average Bonchev–Trinajstić information content (AvgIpc) is 3.03. The number of carbonyl (C=O) groups excluding carboxylic acids is 2. The van der Waals surface area contributed by atoms with Gasteiger partial charge in [0.05, 0.1) is 23.4 Å². The summed E-state index contributed by atoms with van der Waals surface area (Å²) in [6, 6.07) is 30.8. The zero-order valence-electron chi connectivity index (χ0n) is 23.6. The highest BCUT2D eigenvalue weighted by atomic mass is 32.2. The molecule has 4 aromatic rings. The molecule has 10 nitrogen and oxygen atoms in total. The minimum Gasteiger partial charge on any atom is -0.492 e. The highest BCUT2D eigenvalue weighted by Crippen LogP contribution is 2.32. The number of carbonyl (C=O) groups is 2. The zero-order valence-corrected chi connectivity index (χ0v) is 24.4. The normalized spacial score (nSPS) is 11.1. The maximum absolute atomic E-state index is 13.6. The predicted octanol–water partition coefficient (Wildman–Crippen LogP) is 4.13. The summed E-state index contributed by atoms with van der Waals surface area (Å²) in [7, 11) is -4.10. The lowest BCUT2D eigenvalue weighted by molar-refractivity contribution is -0.123. The summed E-state index contributed by atoms with van der Waals surface area (Å²) in [5.74, 6) is -0.0736. The van der Waals surface area contributed by atoms with E-state index in [9.17, 15) is 18.0 Å². The van der Waals surface area contributed by atoms with Crippen LogP contribution in [0.15, 0.2) is 119 Å². The largest absolute Gasteiger partial charge is 0.492 e. The summed E-state index contributed by atoms with van der Waals surface area (Å²) in [4.78, 5) is 25.0. The number of hydrogen-bond donors (Lipinski definition) is 2. The van der Waals surface area contributed by atoms with E-state index < -0.39 is 22.5 Å². The molecule has 0 fully saturated rings. The molecule has 11 heteroatoms. The van der Waals surface area contributed by atoms with E-state index in [1.807, 2.05) is 30.3 Å². The molecule has 0 aliphatic carbocycles. The fourth-order valence-corrected chi connectivity index (χ4v) is 5.40. The topological polar surface area (TPSA) is 126 Å². The van der Waals surface area contributed by atoms with Crippen LogP contribution in [0.25, 0.3) is 0 Å². The van der Waals surface area contributed by atoms with Gasteiger partial charge in [0.1, 0.15) is 18.0 Å². The van der Waals surface area contributed by atoms with Gasteiger partial charge in [0.25, 0.3) is 21.8 Å². The Hall–Kier alpha value is -5.16. The molecule has 0 aliphatic heterocycles. The number of rotatable bonds is 14. The van der Waals surface area contributed by atoms with Crippen molar-refractivity contribution in [2.75, 3.05) is 24.1 Å². The minimum atomic E-state index is -4.10. The number of hydrazone groups is 1. The summed E-state index contributed by atoms with van der Waals surface area (Å²) in [5, 5.41) is 6.77. The van der Waals surface area contributed by atoms with E-state index in [0.29, 0.717) is 30.2 Å². The Morgan fingerprint density at radius 3 is 2.16 bits per heavy atom. The molecular formula is C32H32N4O6S. The van der Waals surface area contributed by atoms with Gasteiger partial charge in [-0.2, -0.15) is 5.10 Å². The quantitative estimate of drug-likeness (QED) is 0.166. The van der Waals surface area contributed by atoms with Crippen LogP contribution in [0.3, 0.4) is 0 Å². The van der Waals surface area contributed by atoms with Crippen LogP contribution >= 0.6 is 0 Å². The van der Waals surface area contributed by atoms with E-state index in [2.05, 4.69) is 15.8 Å². The van der Waals surface area contributed by atoms with E-state index in [0.717, 1.165) is 9.87 Å². The number of nitrogens with zero attached hydrogens (tertiary/aromatic N) is 2. The smallest absolute Gasteiger partial charge is 0.264 e. The van der Waals surface area contributed by atoms with Crippen molar-refractivity contribution in [2.24, 2.45) is 5.10 Å². The summed E-state index contributed by atoms with van der Waals surface area (Å²) < 4.78 is 39.3. The molecule has 0 unspecified atom stereocenters. The third-order valence-corrected chi connectivity index (χ3v) is 7.81. The molecule has 2 amide bonds. The van der Waals surface area contributed by atoms with Gasteiger partial charge < -0.3 is 14.8 Å². The predicted molar refractivity (Wildman–Crippen MR) is 165 cm³/mol. The third-order valence-electron chi connectivity index (χ3n) is 6.04. The van der Waals surface area contributed by atoms with Crippen LogP contribution in [0.4, 0.5) is 5.69 Å². The molecule has 0 bridgehead atoms. The van der Waals surface area contributed by atoms with Gasteiger partial charge in [0.2, 0.25) is 0 Å². The summed E-state index contributed by atoms with van der Waals surface area (Å²) in [5.41, 5.74) is 4.26. The van der Waals surface area contributed by atoms with Crippen molar-refractivity contribution in [3.63, 3.8) is 0 Å². The second-order valence-electron chi connectivity index (χ2n) is 9.14. The first-order valence-electron chi connectivity index (χ1n) is 13.5. The first-order chi connectivity index (χ1) is 20.9. The number of sulfonamides is 1. The van der Waals surface area contributed by atoms with E-state index in [-0.39, 0.29) is 23.1 Å². The van der Waals surface area contributed by atoms with E-state index in [4.69, 9.17) is 9.47 Å². The molecule has 2 N–H and O–H groups in total. The van der Waals surface area contributed by atoms with Crippen molar-refractivity contribution in [1.29, 1.82) is 0 Å². The van der Waals surface area contributed by atoms with Crippen molar-refractivity contribution < 1.29 is 27.5 Å². The number of amides is 2. The molecule has 4 aromatic carbocycles. The zero-order chi connectivity index (χ0) is 30.5. The number of anilines is 1. The van der Waals surface area contributed by atoms with Gasteiger partial charge in [-0.15, -0.1) is 0 Å². The molecule has 0 saturated carbocycles. The molecule has 0 atom stereocenters. The lowest BCUT2D eigenvalue weighted by Gasteiger charge is -2.25. The van der Waals surface area contributed by atoms with Crippen molar-refractivity contribution >= 4 is 33.7 Å². The Kier molecular flexibility index (Phi) is 10.9. The first-order valence-corrected chi connectivity index (χ1v) is 15.0. The number of benzene rings is 4. The summed E-state index contributed by atoms with van der Waals surface area (Å²) in [6.07, 6.45) is 1.42. The van der Waals surface area contributed by atoms with E-state index in [1.165, 1.54) is 18.3 Å². The molecule has 0 aliphatic rings. The van der Waals surface area contributed by atoms with Crippen molar-refractivity contribution in [3.8, 4) is 11.5 Å². The van der Waals surface area contributed by atoms with Crippen LogP contribution in [0.1, 0.15) is 18.1 Å². The Morgan fingerprint density at radius 1 is 0.814 bits per heavy atom. The highest BCUT2D eigenvalue weighted by Gasteiger charge is 2.29. The molecule has 0 spiro atoms. The van der Waals surface area contributed by atoms with Crippen LogP contribution in [0.5, 0.6) is 11.5 Å². The van der Waals surface area contributed by atoms with Crippen LogP contribution < -0.4 is 24.5 Å². The second kappa shape index (κ2) is 15.2. The fourth-order valence-electron chi connectivity index (χ4n) is 3.95. The van der Waals surface area contributed by atoms with Gasteiger partial charge in [-0.05, 0) is 66.6 Å². The monoisotopic (exact) mass is 600 g/mol. The minimum absolute atomic E-state index is 0.0357. The van der Waals surface area contributed by atoms with Crippen LogP contribution in [-0.4, -0.2) is 46.2 Å². The summed E-state index contributed by atoms with van der Waals surface area (Å²) in [6.45, 7) is 1.86. The van der Waals surface area contributed by atoms with Gasteiger partial charge >= 0.3 is 0 Å². The average molecular weight is 601 g/mol. The van der Waals surface area contributed by atoms with Gasteiger partial charge in [-0.25, -0.2) is 13.8 Å². The first kappa shape index (κ1) is 30.8. The standard InChI is InChI=1S/C32H32N4O6S/c1-2-41-30-16-10-9-15-29(30)36(43(39,40)28-13-7-4-8-14-28)23-31(37)35-34-22-26-17-19-27(20-18-26)42-24-32(38)33-21-25-11-5-3-6-12-25/h3-20,22H,2,21,23-24H2,1H3,(H,33,38)(H,35,37)/b34-22-. The second-order valence-corrected chi connectivity index (χ2v) is 11.0. The lowest BCUT2D eigenvalue weighted by Crippen LogP contribution is -2.39. The SMILES string of the molecule is CCOc1ccccc1N(CC(=O)N/N=C\c1ccc(OCC(=O)NCc2ccccc2)cc1)S(=O)(=O)c1ccccc1. The fraction of sp³-hybridized carbons (Fsp3) is 0.156. The van der Waals surface area contributed by atoms with E-state index in [1.54, 1.807) is 73.7 Å². The van der Waals surface area contributed by atoms with Gasteiger partial charge in [-0.3, -0.25) is 13.9 Å². The van der Waals surface area contributed by atoms with Crippen LogP contribution in [0.2, 0.25) is 0 Å². The number of hydrogen-bond acceptors (Lipinski definition) is 7. The lowest BCUT2D eigenvalue weighted by atomic mass is 10.2. The Balaban J connectivity index is 1.35. The Bertz CT molecular complexity index is 1630. The molecule has 43 heavy (non-hydrogen) atoms. The summed E-state index contributed by atoms with van der Waals surface area (Å²) >= 11 is 0. The maximum atomic E-state index is 13.6. The van der Waals surface area contributed by atoms with E-state index >= 15 is 0 Å². The molecule has 0 saturated heterocycles. The van der Waals surface area contributed by atoms with Crippen LogP contribution in [-0.2, 0) is 26.2 Å². The van der Waals surface area contributed by atoms with Crippen molar-refractivity contribution in [2.45, 2.75) is 18.4 Å². The molecular weight excluding hydrogens is 568 g/mol. The van der Waals surface area contributed by atoms with Gasteiger partial charge in [-0.1, -0.05) is 60.7 Å². The van der Waals surface area contributed by atoms with Crippen LogP contribution in [0, 0.1) is 0 Å². The molecule has 0 aromatic heterocycles. The third kappa shape index (κ3) is 8.91. The number of para-hydroxylation sites is 2. The molecule has 4 rings (SSSR count). The molecule has 222 valence electrons. The Labute approximate surface area is 251 Å². The molecule has 0 heterocycles. The van der Waals surface area contributed by atoms with Gasteiger partial charge in [0.15, 0.2) is 6.61 Å². The number of ether oxygens (including phenoxy) is 2. The highest BCUT2D eigenvalue weighted by molar-refractivity contribution is 7.92. The Morgan fingerprint density at radius 2 is 1.47 bits per heavy atom.